The zero-order chi connectivity index (χ0) is 33.1. The molecule has 11 heteroatoms. The van der Waals surface area contributed by atoms with Crippen LogP contribution in [0, 0.1) is 5.92 Å². The fourth-order valence-electron chi connectivity index (χ4n) is 6.94. The van der Waals surface area contributed by atoms with Gasteiger partial charge in [0.2, 0.25) is 17.1 Å². The van der Waals surface area contributed by atoms with Crippen molar-refractivity contribution in [3.05, 3.63) is 116 Å². The first-order valence-corrected chi connectivity index (χ1v) is 15.7. The fraction of sp³-hybridized carbons (Fsp3) is 0.361. The van der Waals surface area contributed by atoms with E-state index in [1.165, 1.54) is 13.2 Å². The van der Waals surface area contributed by atoms with E-state index in [1.54, 1.807) is 37.4 Å². The minimum Gasteiger partial charge on any atom is -0.502 e. The molecule has 1 amide bonds. The third-order valence-electron chi connectivity index (χ3n) is 9.06. The Morgan fingerprint density at radius 1 is 1.02 bits per heavy atom. The molecule has 1 saturated heterocycles. The second-order valence-electron chi connectivity index (χ2n) is 12.2. The van der Waals surface area contributed by atoms with Crippen LogP contribution >= 0.6 is 0 Å². The minimum absolute atomic E-state index is 0.0157. The number of rotatable bonds is 12. The van der Waals surface area contributed by atoms with Crippen molar-refractivity contribution in [2.45, 2.75) is 44.2 Å². The number of fused-ring (bicyclic) bond motifs is 4. The Balaban J connectivity index is 1.28. The molecule has 1 fully saturated rings. The molecule has 11 nitrogen and oxygen atoms in total. The van der Waals surface area contributed by atoms with Crippen LogP contribution in [0.25, 0.3) is 0 Å². The molecule has 4 aromatic rings. The van der Waals surface area contributed by atoms with Crippen LogP contribution in [0.1, 0.15) is 53.0 Å². The maximum absolute atomic E-state index is 13.2. The Morgan fingerprint density at radius 3 is 2.55 bits per heavy atom. The van der Waals surface area contributed by atoms with Crippen LogP contribution < -0.4 is 30.9 Å². The van der Waals surface area contributed by atoms with E-state index in [-0.39, 0.29) is 36.2 Å². The van der Waals surface area contributed by atoms with Gasteiger partial charge in [-0.15, -0.1) is 0 Å². The van der Waals surface area contributed by atoms with Crippen molar-refractivity contribution in [1.29, 1.82) is 0 Å². The second kappa shape index (κ2) is 13.8. The smallest absolute Gasteiger partial charge is 0.250 e. The summed E-state index contributed by atoms with van der Waals surface area (Å²) in [5, 5.41) is 11.0. The van der Waals surface area contributed by atoms with Crippen molar-refractivity contribution in [1.82, 2.24) is 9.47 Å². The molecule has 246 valence electrons. The molecule has 2 aromatic carbocycles. The molecule has 47 heavy (non-hydrogen) atoms. The highest BCUT2D eigenvalue weighted by atomic mass is 16.5. The molecule has 3 unspecified atom stereocenters. The number of para-hydroxylation sites is 1. The Bertz CT molecular complexity index is 1870. The summed E-state index contributed by atoms with van der Waals surface area (Å²) in [6.45, 7) is 2.66. The van der Waals surface area contributed by atoms with Crippen LogP contribution in [0.4, 0.5) is 0 Å². The third kappa shape index (κ3) is 6.90. The van der Waals surface area contributed by atoms with Crippen LogP contribution in [-0.2, 0) is 24.3 Å². The zero-order valence-corrected chi connectivity index (χ0v) is 26.5. The number of hydrogen-bond acceptors (Lipinski definition) is 9. The van der Waals surface area contributed by atoms with Gasteiger partial charge in [-0.05, 0) is 42.2 Å². The molecule has 4 heterocycles. The molecule has 0 radical (unpaired) electrons. The highest BCUT2D eigenvalue weighted by molar-refractivity contribution is 5.76. The van der Waals surface area contributed by atoms with Gasteiger partial charge in [0.1, 0.15) is 11.5 Å². The summed E-state index contributed by atoms with van der Waals surface area (Å²) in [5.41, 5.74) is 7.65. The van der Waals surface area contributed by atoms with E-state index in [4.69, 9.17) is 24.4 Å². The van der Waals surface area contributed by atoms with E-state index in [0.717, 1.165) is 30.0 Å². The number of nitrogens with two attached hydrogens (primary N) is 1. The van der Waals surface area contributed by atoms with E-state index in [1.807, 2.05) is 34.9 Å². The molecule has 6 rings (SSSR count). The van der Waals surface area contributed by atoms with E-state index >= 15 is 0 Å². The van der Waals surface area contributed by atoms with Gasteiger partial charge >= 0.3 is 0 Å². The lowest BCUT2D eigenvalue weighted by Crippen LogP contribution is -2.46. The number of benzene rings is 2. The molecule has 3 N–H and O–H groups in total. The van der Waals surface area contributed by atoms with Gasteiger partial charge in [-0.3, -0.25) is 19.3 Å². The fourth-order valence-corrected chi connectivity index (χ4v) is 6.94. The second-order valence-corrected chi connectivity index (χ2v) is 12.2. The first-order valence-electron chi connectivity index (χ1n) is 15.7. The average molecular weight is 642 g/mol. The summed E-state index contributed by atoms with van der Waals surface area (Å²) in [5.74, 6) is 0.127. The quantitative estimate of drug-likeness (QED) is 0.236. The lowest BCUT2D eigenvalue weighted by Gasteiger charge is -2.42. The molecule has 3 atom stereocenters. The molecular weight excluding hydrogens is 602 g/mol. The van der Waals surface area contributed by atoms with Crippen LogP contribution in [0.5, 0.6) is 23.0 Å². The Labute approximate surface area is 272 Å². The highest BCUT2D eigenvalue weighted by Crippen LogP contribution is 2.42. The first kappa shape index (κ1) is 31.9. The predicted octanol–water partition coefficient (Wildman–Crippen LogP) is 3.77. The number of nitrogens with zero attached hydrogens (tertiary/aromatic N) is 2. The standard InChI is InChI=1S/C36H39N3O8/c1-44-25-11-9-22(10-12-25)13-14-46-35-27(5-3-7-31(35)45-2)28(17-32(37)41)36-34(43)30(40)16-26(47-36)21-38-18-23-15-24(20-38)29-6-4-8-33(42)39(29)19-23/h3-12,16,23-24,28,43H,13-15,17-21H2,1-2H3,(H2,37,41). The molecule has 2 bridgehead atoms. The Morgan fingerprint density at radius 2 is 1.81 bits per heavy atom. The molecular formula is C36H39N3O8. The summed E-state index contributed by atoms with van der Waals surface area (Å²) in [6, 6.07) is 19.6. The van der Waals surface area contributed by atoms with E-state index < -0.39 is 23.0 Å². The van der Waals surface area contributed by atoms with Crippen molar-refractivity contribution < 1.29 is 28.5 Å². The van der Waals surface area contributed by atoms with Crippen LogP contribution in [0.2, 0.25) is 0 Å². The SMILES string of the molecule is COc1ccc(CCOc2c(OC)cccc2C(CC(N)=O)c2oc(CN3CC4CC(C3)c3cccc(=O)n3C4)cc(=O)c2O)cc1. The molecule has 2 aromatic heterocycles. The largest absolute Gasteiger partial charge is 0.502 e. The number of amides is 1. The van der Waals surface area contributed by atoms with E-state index in [2.05, 4.69) is 4.90 Å². The normalized spacial score (nSPS) is 17.8. The van der Waals surface area contributed by atoms with Crippen LogP contribution in [0.3, 0.4) is 0 Å². The Kier molecular flexibility index (Phi) is 9.35. The summed E-state index contributed by atoms with van der Waals surface area (Å²) >= 11 is 0. The van der Waals surface area contributed by atoms with E-state index in [9.17, 15) is 19.5 Å². The average Bonchev–Trinajstić information content (AvgIpc) is 3.06. The molecule has 0 saturated carbocycles. The number of primary amides is 1. The summed E-state index contributed by atoms with van der Waals surface area (Å²) in [4.78, 5) is 40.2. The lowest BCUT2D eigenvalue weighted by atomic mass is 9.83. The Hall–Kier alpha value is -5.03. The van der Waals surface area contributed by atoms with Crippen molar-refractivity contribution in [3.63, 3.8) is 0 Å². The maximum atomic E-state index is 13.2. The van der Waals surface area contributed by atoms with Gasteiger partial charge in [0.15, 0.2) is 17.3 Å². The van der Waals surface area contributed by atoms with Gasteiger partial charge in [0, 0.05) is 61.8 Å². The summed E-state index contributed by atoms with van der Waals surface area (Å²) in [7, 11) is 3.13. The molecule has 0 aliphatic carbocycles. The first-order chi connectivity index (χ1) is 22.7. The predicted molar refractivity (Wildman–Crippen MR) is 174 cm³/mol. The summed E-state index contributed by atoms with van der Waals surface area (Å²) in [6.07, 6.45) is 1.32. The lowest BCUT2D eigenvalue weighted by molar-refractivity contribution is -0.118. The van der Waals surface area contributed by atoms with Crippen molar-refractivity contribution in [2.24, 2.45) is 11.7 Å². The molecule has 2 aliphatic rings. The number of hydrogen-bond donors (Lipinski definition) is 2. The minimum atomic E-state index is -0.925. The monoisotopic (exact) mass is 641 g/mol. The number of piperidine rings is 1. The number of ether oxygens (including phenoxy) is 3. The van der Waals surface area contributed by atoms with Crippen LogP contribution in [0.15, 0.2) is 80.7 Å². The van der Waals surface area contributed by atoms with Gasteiger partial charge in [-0.1, -0.05) is 30.3 Å². The number of aromatic nitrogens is 1. The number of likely N-dealkylation sites (tertiary alicyclic amines) is 1. The van der Waals surface area contributed by atoms with Crippen molar-refractivity contribution >= 4 is 5.91 Å². The number of pyridine rings is 1. The van der Waals surface area contributed by atoms with Crippen LogP contribution in [-0.4, -0.2) is 54.4 Å². The zero-order valence-electron chi connectivity index (χ0n) is 26.5. The van der Waals surface area contributed by atoms with Gasteiger partial charge in [-0.25, -0.2) is 0 Å². The van der Waals surface area contributed by atoms with Gasteiger partial charge < -0.3 is 34.0 Å². The number of aromatic hydroxyl groups is 1. The highest BCUT2D eigenvalue weighted by Gasteiger charge is 2.35. The maximum Gasteiger partial charge on any atom is 0.250 e. The topological polar surface area (TPSA) is 146 Å². The van der Waals surface area contributed by atoms with E-state index in [0.29, 0.717) is 48.9 Å². The number of carbonyl (C=O) groups is 1. The molecule has 2 aliphatic heterocycles. The molecule has 0 spiro atoms. The summed E-state index contributed by atoms with van der Waals surface area (Å²) < 4.78 is 25.3. The van der Waals surface area contributed by atoms with Gasteiger partial charge in [-0.2, -0.15) is 0 Å². The van der Waals surface area contributed by atoms with Crippen molar-refractivity contribution in [3.8, 4) is 23.0 Å². The van der Waals surface area contributed by atoms with Gasteiger partial charge in [0.05, 0.1) is 33.3 Å². The van der Waals surface area contributed by atoms with Crippen molar-refractivity contribution in [2.75, 3.05) is 33.9 Å². The number of methoxy groups -OCH3 is 2. The third-order valence-corrected chi connectivity index (χ3v) is 9.06. The van der Waals surface area contributed by atoms with Gasteiger partial charge in [0.25, 0.3) is 5.56 Å². The number of carbonyl (C=O) groups excluding carboxylic acids is 1.